The summed E-state index contributed by atoms with van der Waals surface area (Å²) >= 11 is 2.16. The summed E-state index contributed by atoms with van der Waals surface area (Å²) in [6, 6.07) is 13.0. The van der Waals surface area contributed by atoms with E-state index in [0.29, 0.717) is 11.3 Å². The number of benzene rings is 2. The first kappa shape index (κ1) is 13.0. The van der Waals surface area contributed by atoms with Crippen molar-refractivity contribution < 1.29 is 13.9 Å². The molecule has 0 aromatic heterocycles. The van der Waals surface area contributed by atoms with Crippen LogP contribution in [-0.4, -0.2) is 12.4 Å². The van der Waals surface area contributed by atoms with Crippen molar-refractivity contribution in [2.24, 2.45) is 0 Å². The number of carbonyl (C=O) groups is 1. The van der Waals surface area contributed by atoms with E-state index in [1.165, 1.54) is 18.2 Å². The number of rotatable bonds is 4. The molecule has 2 aromatic rings. The van der Waals surface area contributed by atoms with E-state index in [4.69, 9.17) is 4.74 Å². The lowest BCUT2D eigenvalue weighted by atomic mass is 10.1. The molecule has 0 radical (unpaired) electrons. The molecule has 2 nitrogen and oxygen atoms in total. The van der Waals surface area contributed by atoms with Crippen LogP contribution in [0.25, 0.3) is 0 Å². The summed E-state index contributed by atoms with van der Waals surface area (Å²) in [5, 5.41) is 0. The first-order chi connectivity index (χ1) is 8.65. The van der Waals surface area contributed by atoms with Gasteiger partial charge in [-0.1, -0.05) is 18.2 Å². The minimum absolute atomic E-state index is 0.0937. The van der Waals surface area contributed by atoms with Crippen molar-refractivity contribution in [1.82, 2.24) is 0 Å². The minimum Gasteiger partial charge on any atom is -0.485 e. The van der Waals surface area contributed by atoms with E-state index < -0.39 is 5.82 Å². The van der Waals surface area contributed by atoms with Gasteiger partial charge in [0.1, 0.15) is 11.6 Å². The monoisotopic (exact) mass is 356 g/mol. The van der Waals surface area contributed by atoms with E-state index in [2.05, 4.69) is 22.6 Å². The second-order valence-corrected chi connectivity index (χ2v) is 4.93. The maximum atomic E-state index is 12.9. The zero-order chi connectivity index (χ0) is 13.0. The highest BCUT2D eigenvalue weighted by Crippen LogP contribution is 2.15. The first-order valence-electron chi connectivity index (χ1n) is 5.32. The van der Waals surface area contributed by atoms with Crippen LogP contribution in [0.1, 0.15) is 10.4 Å². The van der Waals surface area contributed by atoms with E-state index in [-0.39, 0.29) is 12.4 Å². The van der Waals surface area contributed by atoms with Gasteiger partial charge in [-0.2, -0.15) is 0 Å². The standard InChI is InChI=1S/C14H10FIO2/c15-11-4-1-3-10(7-11)14(17)9-18-13-6-2-5-12(16)8-13/h1-8H,9H2. The topological polar surface area (TPSA) is 26.3 Å². The number of halogens is 2. The summed E-state index contributed by atoms with van der Waals surface area (Å²) in [7, 11) is 0. The minimum atomic E-state index is -0.421. The molecule has 0 unspecified atom stereocenters. The SMILES string of the molecule is O=C(COc1cccc(I)c1)c1cccc(F)c1. The quantitative estimate of drug-likeness (QED) is 0.617. The van der Waals surface area contributed by atoms with Crippen LogP contribution in [0.4, 0.5) is 4.39 Å². The molecule has 0 aliphatic rings. The number of hydrogen-bond acceptors (Lipinski definition) is 2. The number of Topliss-reactive ketones (excluding diaryl/α,β-unsaturated/α-hetero) is 1. The van der Waals surface area contributed by atoms with E-state index in [1.54, 1.807) is 12.1 Å². The zero-order valence-corrected chi connectivity index (χ0v) is 11.6. The maximum absolute atomic E-state index is 12.9. The van der Waals surface area contributed by atoms with Crippen LogP contribution in [0.3, 0.4) is 0 Å². The van der Waals surface area contributed by atoms with Crippen molar-refractivity contribution in [3.63, 3.8) is 0 Å². The van der Waals surface area contributed by atoms with Crippen LogP contribution in [0, 0.1) is 9.39 Å². The van der Waals surface area contributed by atoms with Gasteiger partial charge in [0.05, 0.1) is 0 Å². The van der Waals surface area contributed by atoms with Gasteiger partial charge in [0.2, 0.25) is 0 Å². The Morgan fingerprint density at radius 3 is 2.67 bits per heavy atom. The lowest BCUT2D eigenvalue weighted by Gasteiger charge is -2.05. The van der Waals surface area contributed by atoms with Gasteiger partial charge in [-0.15, -0.1) is 0 Å². The molecular weight excluding hydrogens is 346 g/mol. The smallest absolute Gasteiger partial charge is 0.200 e. The lowest BCUT2D eigenvalue weighted by molar-refractivity contribution is 0.0921. The van der Waals surface area contributed by atoms with Crippen LogP contribution >= 0.6 is 22.6 Å². The van der Waals surface area contributed by atoms with E-state index >= 15 is 0 Å². The van der Waals surface area contributed by atoms with Crippen molar-refractivity contribution in [3.8, 4) is 5.75 Å². The largest absolute Gasteiger partial charge is 0.485 e. The molecule has 0 saturated carbocycles. The van der Waals surface area contributed by atoms with E-state index in [1.807, 2.05) is 18.2 Å². The highest BCUT2D eigenvalue weighted by Gasteiger charge is 2.07. The third kappa shape index (κ3) is 3.53. The molecule has 0 bridgehead atoms. The lowest BCUT2D eigenvalue weighted by Crippen LogP contribution is -2.11. The van der Waals surface area contributed by atoms with Gasteiger partial charge >= 0.3 is 0 Å². The molecule has 2 rings (SSSR count). The molecule has 0 fully saturated rings. The summed E-state index contributed by atoms with van der Waals surface area (Å²) in [5.74, 6) is -0.0323. The number of ketones is 1. The Bertz CT molecular complexity index is 569. The fourth-order valence-electron chi connectivity index (χ4n) is 1.45. The Kier molecular flexibility index (Phi) is 4.30. The molecule has 92 valence electrons. The second-order valence-electron chi connectivity index (χ2n) is 3.68. The van der Waals surface area contributed by atoms with Crippen LogP contribution < -0.4 is 4.74 Å². The highest BCUT2D eigenvalue weighted by molar-refractivity contribution is 14.1. The molecule has 0 saturated heterocycles. The molecule has 0 aliphatic heterocycles. The van der Waals surface area contributed by atoms with Crippen LogP contribution in [0.2, 0.25) is 0 Å². The van der Waals surface area contributed by atoms with Gasteiger partial charge in [-0.3, -0.25) is 4.79 Å². The first-order valence-corrected chi connectivity index (χ1v) is 6.40. The van der Waals surface area contributed by atoms with Gasteiger partial charge in [-0.25, -0.2) is 4.39 Å². The normalized spacial score (nSPS) is 10.1. The fraction of sp³-hybridized carbons (Fsp3) is 0.0714. The third-order valence-electron chi connectivity index (χ3n) is 2.31. The van der Waals surface area contributed by atoms with Crippen molar-refractivity contribution in [1.29, 1.82) is 0 Å². The Morgan fingerprint density at radius 1 is 1.17 bits per heavy atom. The molecule has 0 heterocycles. The molecule has 18 heavy (non-hydrogen) atoms. The summed E-state index contributed by atoms with van der Waals surface area (Å²) in [6.07, 6.45) is 0. The number of hydrogen-bond donors (Lipinski definition) is 0. The van der Waals surface area contributed by atoms with Gasteiger partial charge in [0.15, 0.2) is 12.4 Å². The van der Waals surface area contributed by atoms with E-state index in [0.717, 1.165) is 3.57 Å². The summed E-state index contributed by atoms with van der Waals surface area (Å²) in [5.41, 5.74) is 0.320. The summed E-state index contributed by atoms with van der Waals surface area (Å²) in [6.45, 7) is -0.0937. The van der Waals surface area contributed by atoms with Crippen LogP contribution in [0.15, 0.2) is 48.5 Å². The molecule has 0 atom stereocenters. The maximum Gasteiger partial charge on any atom is 0.200 e. The van der Waals surface area contributed by atoms with Gasteiger partial charge in [0.25, 0.3) is 0 Å². The Morgan fingerprint density at radius 2 is 1.94 bits per heavy atom. The molecule has 0 aliphatic carbocycles. The van der Waals surface area contributed by atoms with E-state index in [9.17, 15) is 9.18 Å². The van der Waals surface area contributed by atoms with Crippen molar-refractivity contribution in [2.75, 3.05) is 6.61 Å². The van der Waals surface area contributed by atoms with Crippen LogP contribution in [0.5, 0.6) is 5.75 Å². The average Bonchev–Trinajstić information content (AvgIpc) is 2.36. The van der Waals surface area contributed by atoms with Crippen molar-refractivity contribution in [3.05, 3.63) is 63.5 Å². The molecule has 0 N–H and O–H groups in total. The fourth-order valence-corrected chi connectivity index (χ4v) is 1.97. The average molecular weight is 356 g/mol. The predicted octanol–water partition coefficient (Wildman–Crippen LogP) is 3.69. The summed E-state index contributed by atoms with van der Waals surface area (Å²) < 4.78 is 19.3. The Balaban J connectivity index is 2.00. The molecule has 4 heteroatoms. The number of ether oxygens (including phenoxy) is 1. The van der Waals surface area contributed by atoms with Crippen molar-refractivity contribution >= 4 is 28.4 Å². The Labute approximate surface area is 118 Å². The Hall–Kier alpha value is -1.43. The van der Waals surface area contributed by atoms with Crippen molar-refractivity contribution in [2.45, 2.75) is 0 Å². The molecule has 0 amide bonds. The number of carbonyl (C=O) groups excluding carboxylic acids is 1. The molecular formula is C14H10FIO2. The predicted molar refractivity (Wildman–Crippen MR) is 75.4 cm³/mol. The van der Waals surface area contributed by atoms with Gasteiger partial charge in [0, 0.05) is 9.13 Å². The van der Waals surface area contributed by atoms with Crippen LogP contribution in [-0.2, 0) is 0 Å². The second kappa shape index (κ2) is 5.95. The molecule has 2 aromatic carbocycles. The zero-order valence-electron chi connectivity index (χ0n) is 9.40. The molecule has 0 spiro atoms. The summed E-state index contributed by atoms with van der Waals surface area (Å²) in [4.78, 5) is 11.8. The van der Waals surface area contributed by atoms with Gasteiger partial charge in [-0.05, 0) is 52.9 Å². The van der Waals surface area contributed by atoms with Gasteiger partial charge < -0.3 is 4.74 Å². The highest BCUT2D eigenvalue weighted by atomic mass is 127. The third-order valence-corrected chi connectivity index (χ3v) is 2.98.